The Morgan fingerprint density at radius 3 is 2.85 bits per heavy atom. The summed E-state index contributed by atoms with van der Waals surface area (Å²) in [5.41, 5.74) is 4.34. The Morgan fingerprint density at radius 2 is 2.04 bits per heavy atom. The monoisotopic (exact) mass is 355 g/mol. The van der Waals surface area contributed by atoms with Gasteiger partial charge < -0.3 is 19.3 Å². The third-order valence-electron chi connectivity index (χ3n) is 5.00. The molecule has 2 aliphatic heterocycles. The molecule has 2 aliphatic rings. The van der Waals surface area contributed by atoms with Crippen LogP contribution in [0.2, 0.25) is 0 Å². The maximum Gasteiger partial charge on any atom is 0.165 e. The van der Waals surface area contributed by atoms with E-state index in [0.717, 1.165) is 36.3 Å². The van der Waals surface area contributed by atoms with Gasteiger partial charge in [-0.1, -0.05) is 24.3 Å². The zero-order valence-electron chi connectivity index (χ0n) is 15.1. The van der Waals surface area contributed by atoms with E-state index >= 15 is 0 Å². The summed E-state index contributed by atoms with van der Waals surface area (Å²) in [6.07, 6.45) is 0.0958. The third kappa shape index (κ3) is 3.70. The Bertz CT molecular complexity index is 771. The number of benzene rings is 2. The third-order valence-corrected chi connectivity index (χ3v) is 5.00. The van der Waals surface area contributed by atoms with E-state index in [0.29, 0.717) is 32.2 Å². The number of nitrogens with zero attached hydrogens (tertiary/aromatic N) is 1. The molecule has 2 aromatic carbocycles. The summed E-state index contributed by atoms with van der Waals surface area (Å²) in [4.78, 5) is 2.31. The van der Waals surface area contributed by atoms with E-state index in [1.807, 2.05) is 12.1 Å². The molecule has 5 heteroatoms. The molecule has 2 heterocycles. The smallest absolute Gasteiger partial charge is 0.165 e. The van der Waals surface area contributed by atoms with E-state index in [-0.39, 0.29) is 11.9 Å². The molecule has 26 heavy (non-hydrogen) atoms. The van der Waals surface area contributed by atoms with Gasteiger partial charge in [-0.2, -0.15) is 0 Å². The van der Waals surface area contributed by atoms with E-state index in [9.17, 15) is 5.11 Å². The van der Waals surface area contributed by atoms with Crippen LogP contribution in [-0.4, -0.2) is 55.6 Å². The van der Waals surface area contributed by atoms with E-state index in [4.69, 9.17) is 14.2 Å². The van der Waals surface area contributed by atoms with Crippen LogP contribution in [-0.2, 0) is 16.0 Å². The molecule has 2 aromatic rings. The zero-order chi connectivity index (χ0) is 17.9. The summed E-state index contributed by atoms with van der Waals surface area (Å²) in [5.74, 6) is 0.811. The summed E-state index contributed by atoms with van der Waals surface area (Å²) >= 11 is 0. The molecule has 1 atom stereocenters. The minimum Gasteiger partial charge on any atom is -0.504 e. The lowest BCUT2D eigenvalue weighted by molar-refractivity contribution is -0.0982. The summed E-state index contributed by atoms with van der Waals surface area (Å²) < 4.78 is 17.2. The quantitative estimate of drug-likeness (QED) is 0.917. The fourth-order valence-electron chi connectivity index (χ4n) is 3.69. The molecule has 0 amide bonds. The van der Waals surface area contributed by atoms with Gasteiger partial charge in [0.15, 0.2) is 11.5 Å². The average molecular weight is 355 g/mol. The van der Waals surface area contributed by atoms with Crippen LogP contribution >= 0.6 is 0 Å². The Kier molecular flexibility index (Phi) is 5.11. The predicted molar refractivity (Wildman–Crippen MR) is 99.6 cm³/mol. The van der Waals surface area contributed by atoms with Crippen molar-refractivity contribution < 1.29 is 19.3 Å². The summed E-state index contributed by atoms with van der Waals surface area (Å²) in [6, 6.07) is 12.1. The second-order valence-electron chi connectivity index (χ2n) is 6.95. The van der Waals surface area contributed by atoms with E-state index in [1.165, 1.54) is 5.56 Å². The molecular weight excluding hydrogens is 330 g/mol. The Morgan fingerprint density at radius 1 is 1.15 bits per heavy atom. The highest BCUT2D eigenvalue weighted by molar-refractivity contribution is 5.71. The molecule has 4 rings (SSSR count). The van der Waals surface area contributed by atoms with Gasteiger partial charge >= 0.3 is 0 Å². The number of aromatic hydroxyl groups is 1. The van der Waals surface area contributed by atoms with Gasteiger partial charge in [0.25, 0.3) is 0 Å². The van der Waals surface area contributed by atoms with Gasteiger partial charge in [0, 0.05) is 25.2 Å². The first-order valence-electron chi connectivity index (χ1n) is 9.17. The van der Waals surface area contributed by atoms with Crippen molar-refractivity contribution in [2.24, 2.45) is 0 Å². The van der Waals surface area contributed by atoms with Gasteiger partial charge in [-0.05, 0) is 35.7 Å². The van der Waals surface area contributed by atoms with Gasteiger partial charge in [0.2, 0.25) is 0 Å². The van der Waals surface area contributed by atoms with E-state index < -0.39 is 0 Å². The molecule has 1 N–H and O–H groups in total. The first kappa shape index (κ1) is 17.3. The van der Waals surface area contributed by atoms with Gasteiger partial charge in [-0.15, -0.1) is 0 Å². The van der Waals surface area contributed by atoms with Crippen molar-refractivity contribution in [2.75, 3.05) is 39.5 Å². The van der Waals surface area contributed by atoms with Crippen molar-refractivity contribution in [3.63, 3.8) is 0 Å². The number of ether oxygens (including phenoxy) is 3. The largest absolute Gasteiger partial charge is 0.504 e. The molecule has 1 fully saturated rings. The summed E-state index contributed by atoms with van der Waals surface area (Å²) in [7, 11) is 0. The van der Waals surface area contributed by atoms with Crippen LogP contribution in [0.4, 0.5) is 0 Å². The average Bonchev–Trinajstić information content (AvgIpc) is 2.85. The minimum absolute atomic E-state index is 0.0958. The van der Waals surface area contributed by atoms with Crippen LogP contribution in [0.5, 0.6) is 11.5 Å². The lowest BCUT2D eigenvalue weighted by Gasteiger charge is -2.28. The van der Waals surface area contributed by atoms with E-state index in [2.05, 4.69) is 30.0 Å². The zero-order valence-corrected chi connectivity index (χ0v) is 15.1. The molecule has 5 nitrogen and oxygen atoms in total. The van der Waals surface area contributed by atoms with Crippen LogP contribution in [0.3, 0.4) is 0 Å². The SMILES string of the molecule is Cc1ccccc1-c1cc(O)c2c(c1)CN(C[C@@H]1COCCO1)CCO2. The molecular formula is C21H25NO4. The fraction of sp³-hybridized carbons (Fsp3) is 0.429. The summed E-state index contributed by atoms with van der Waals surface area (Å²) in [6.45, 7) is 6.94. The fourth-order valence-corrected chi connectivity index (χ4v) is 3.69. The first-order chi connectivity index (χ1) is 12.7. The van der Waals surface area contributed by atoms with Crippen LogP contribution in [0.25, 0.3) is 11.1 Å². The predicted octanol–water partition coefficient (Wildman–Crippen LogP) is 2.98. The maximum absolute atomic E-state index is 10.5. The highest BCUT2D eigenvalue weighted by Crippen LogP contribution is 2.38. The Balaban J connectivity index is 1.60. The normalized spacial score (nSPS) is 20.9. The van der Waals surface area contributed by atoms with Crippen LogP contribution in [0.1, 0.15) is 11.1 Å². The molecule has 0 radical (unpaired) electrons. The number of phenols is 1. The molecule has 138 valence electrons. The maximum atomic E-state index is 10.5. The summed E-state index contributed by atoms with van der Waals surface area (Å²) in [5, 5.41) is 10.5. The lowest BCUT2D eigenvalue weighted by atomic mass is 9.98. The van der Waals surface area contributed by atoms with Crippen LogP contribution < -0.4 is 4.74 Å². The Labute approximate surface area is 154 Å². The first-order valence-corrected chi connectivity index (χ1v) is 9.17. The van der Waals surface area contributed by atoms with Crippen molar-refractivity contribution in [1.82, 2.24) is 4.90 Å². The molecule has 0 bridgehead atoms. The van der Waals surface area contributed by atoms with Crippen molar-refractivity contribution >= 4 is 0 Å². The topological polar surface area (TPSA) is 51.2 Å². The highest BCUT2D eigenvalue weighted by atomic mass is 16.6. The Hall–Kier alpha value is -2.08. The number of hydrogen-bond acceptors (Lipinski definition) is 5. The number of phenolic OH excluding ortho intramolecular Hbond substituents is 1. The number of rotatable bonds is 3. The second kappa shape index (κ2) is 7.66. The standard InChI is InChI=1S/C21H25NO4/c1-15-4-2-3-5-19(15)16-10-17-12-22(13-18-14-24-8-9-25-18)6-7-26-21(17)20(23)11-16/h2-5,10-11,18,23H,6-9,12-14H2,1H3/t18-/m1/s1. The van der Waals surface area contributed by atoms with Gasteiger partial charge in [-0.3, -0.25) is 4.90 Å². The number of aryl methyl sites for hydroxylation is 1. The molecule has 1 saturated heterocycles. The highest BCUT2D eigenvalue weighted by Gasteiger charge is 2.23. The van der Waals surface area contributed by atoms with Crippen molar-refractivity contribution in [1.29, 1.82) is 0 Å². The van der Waals surface area contributed by atoms with Gasteiger partial charge in [0.1, 0.15) is 6.61 Å². The molecule has 0 spiro atoms. The molecule has 0 unspecified atom stereocenters. The number of hydrogen-bond donors (Lipinski definition) is 1. The second-order valence-corrected chi connectivity index (χ2v) is 6.95. The van der Waals surface area contributed by atoms with E-state index in [1.54, 1.807) is 6.07 Å². The lowest BCUT2D eigenvalue weighted by Crippen LogP contribution is -2.40. The van der Waals surface area contributed by atoms with Crippen molar-refractivity contribution in [3.05, 3.63) is 47.5 Å². The minimum atomic E-state index is 0.0958. The van der Waals surface area contributed by atoms with Crippen molar-refractivity contribution in [2.45, 2.75) is 19.6 Å². The molecule has 0 aromatic heterocycles. The number of fused-ring (bicyclic) bond motifs is 1. The van der Waals surface area contributed by atoms with Crippen molar-refractivity contribution in [3.8, 4) is 22.6 Å². The van der Waals surface area contributed by atoms with Gasteiger partial charge in [-0.25, -0.2) is 0 Å². The van der Waals surface area contributed by atoms with Crippen LogP contribution in [0.15, 0.2) is 36.4 Å². The molecule has 0 aliphatic carbocycles. The molecule has 0 saturated carbocycles. The van der Waals surface area contributed by atoms with Crippen LogP contribution in [0, 0.1) is 6.92 Å². The van der Waals surface area contributed by atoms with Gasteiger partial charge in [0.05, 0.1) is 25.9 Å².